The topological polar surface area (TPSA) is 41.9 Å². The van der Waals surface area contributed by atoms with Crippen molar-refractivity contribution in [1.82, 2.24) is 4.90 Å². The molecular formula is C29H24Cl2I2N2O2S. The van der Waals surface area contributed by atoms with Crippen LogP contribution in [0.1, 0.15) is 43.2 Å². The molecule has 3 aromatic rings. The van der Waals surface area contributed by atoms with E-state index in [0.717, 1.165) is 60.6 Å². The minimum Gasteiger partial charge on any atom is -0.487 e. The maximum absolute atomic E-state index is 13.7. The van der Waals surface area contributed by atoms with Gasteiger partial charge >= 0.3 is 0 Å². The van der Waals surface area contributed by atoms with Gasteiger partial charge in [0.25, 0.3) is 5.91 Å². The van der Waals surface area contributed by atoms with Crippen LogP contribution in [0, 0.1) is 7.14 Å². The summed E-state index contributed by atoms with van der Waals surface area (Å²) >= 11 is 18.4. The van der Waals surface area contributed by atoms with Crippen LogP contribution in [0.25, 0.3) is 6.08 Å². The van der Waals surface area contributed by atoms with E-state index in [4.69, 9.17) is 32.9 Å². The summed E-state index contributed by atoms with van der Waals surface area (Å²) in [6.07, 6.45) is 7.54. The first kappa shape index (κ1) is 28.3. The van der Waals surface area contributed by atoms with Crippen LogP contribution in [0.5, 0.6) is 5.75 Å². The fraction of sp³-hybridized carbons (Fsp3) is 0.241. The number of benzene rings is 3. The average Bonchev–Trinajstić information content (AvgIpc) is 3.19. The predicted octanol–water partition coefficient (Wildman–Crippen LogP) is 9.72. The highest BCUT2D eigenvalue weighted by Crippen LogP contribution is 2.39. The van der Waals surface area contributed by atoms with Gasteiger partial charge in [-0.1, -0.05) is 66.7 Å². The molecule has 1 amide bonds. The van der Waals surface area contributed by atoms with Crippen LogP contribution >= 0.6 is 80.1 Å². The molecule has 3 aromatic carbocycles. The molecule has 0 atom stereocenters. The fourth-order valence-corrected chi connectivity index (χ4v) is 8.23. The van der Waals surface area contributed by atoms with Crippen molar-refractivity contribution in [3.63, 3.8) is 0 Å². The molecule has 1 saturated heterocycles. The van der Waals surface area contributed by atoms with Gasteiger partial charge in [-0.15, -0.1) is 0 Å². The molecule has 1 aliphatic carbocycles. The zero-order valence-corrected chi connectivity index (χ0v) is 26.9. The van der Waals surface area contributed by atoms with Gasteiger partial charge in [0, 0.05) is 21.7 Å². The van der Waals surface area contributed by atoms with Gasteiger partial charge in [0.2, 0.25) is 0 Å². The first-order chi connectivity index (χ1) is 18.4. The number of amides is 1. The molecular weight excluding hydrogens is 765 g/mol. The number of hydrogen-bond donors (Lipinski definition) is 0. The summed E-state index contributed by atoms with van der Waals surface area (Å²) in [5, 5.41) is 1.94. The van der Waals surface area contributed by atoms with Gasteiger partial charge in [0.1, 0.15) is 12.4 Å². The lowest BCUT2D eigenvalue weighted by molar-refractivity contribution is -0.124. The van der Waals surface area contributed by atoms with Crippen molar-refractivity contribution in [2.24, 2.45) is 4.99 Å². The van der Waals surface area contributed by atoms with E-state index in [1.165, 1.54) is 18.2 Å². The van der Waals surface area contributed by atoms with Crippen molar-refractivity contribution in [3.8, 4) is 5.75 Å². The summed E-state index contributed by atoms with van der Waals surface area (Å²) in [6.45, 7) is 0.340. The molecule has 4 nitrogen and oxygen atoms in total. The summed E-state index contributed by atoms with van der Waals surface area (Å²) in [6, 6.07) is 19.5. The lowest BCUT2D eigenvalue weighted by Crippen LogP contribution is -2.40. The van der Waals surface area contributed by atoms with E-state index < -0.39 is 0 Å². The number of para-hydroxylation sites is 1. The molecule has 1 aliphatic heterocycles. The Balaban J connectivity index is 1.40. The van der Waals surface area contributed by atoms with Crippen LogP contribution in [0.15, 0.2) is 70.6 Å². The standard InChI is InChI=1S/C29H24Cl2I2N2O2S/c30-20-12-11-19(23(31)16-20)17-37-27-24(32)13-18(14-25(27)33)15-26-28(36)35(22-9-5-2-6-10-22)29(38-26)34-21-7-3-1-4-8-21/h1,3-4,7-8,11-16,22H,2,5-6,9-10,17H2/b26-15-,34-29?. The predicted molar refractivity (Wildman–Crippen MR) is 175 cm³/mol. The average molecular weight is 789 g/mol. The van der Waals surface area contributed by atoms with Gasteiger partial charge in [-0.25, -0.2) is 4.99 Å². The van der Waals surface area contributed by atoms with Crippen molar-refractivity contribution in [3.05, 3.63) is 93.9 Å². The molecule has 1 saturated carbocycles. The maximum Gasteiger partial charge on any atom is 0.267 e. The van der Waals surface area contributed by atoms with Crippen molar-refractivity contribution in [2.45, 2.75) is 44.8 Å². The number of ether oxygens (including phenoxy) is 1. The number of aliphatic imine (C=N–C) groups is 1. The monoisotopic (exact) mass is 788 g/mol. The van der Waals surface area contributed by atoms with Crippen LogP contribution < -0.4 is 4.74 Å². The van der Waals surface area contributed by atoms with E-state index in [1.54, 1.807) is 12.1 Å². The third-order valence-corrected chi connectivity index (χ3v) is 9.64. The molecule has 5 rings (SSSR count). The quantitative estimate of drug-likeness (QED) is 0.185. The Hall–Kier alpha value is -1.27. The second kappa shape index (κ2) is 12.9. The third-order valence-electron chi connectivity index (χ3n) is 6.46. The van der Waals surface area contributed by atoms with Crippen LogP contribution in [0.3, 0.4) is 0 Å². The van der Waals surface area contributed by atoms with E-state index >= 15 is 0 Å². The number of carbonyl (C=O) groups is 1. The fourth-order valence-electron chi connectivity index (χ4n) is 4.58. The van der Waals surface area contributed by atoms with Crippen LogP contribution in [-0.2, 0) is 11.4 Å². The van der Waals surface area contributed by atoms with Crippen molar-refractivity contribution in [2.75, 3.05) is 0 Å². The number of thioether (sulfide) groups is 1. The van der Waals surface area contributed by atoms with Gasteiger partial charge in [-0.05, 0) is 118 Å². The molecule has 38 heavy (non-hydrogen) atoms. The molecule has 0 radical (unpaired) electrons. The number of rotatable bonds is 6. The molecule has 1 heterocycles. The van der Waals surface area contributed by atoms with Crippen LogP contribution in [0.4, 0.5) is 5.69 Å². The highest BCUT2D eigenvalue weighted by molar-refractivity contribution is 14.1. The van der Waals surface area contributed by atoms with E-state index in [-0.39, 0.29) is 11.9 Å². The highest BCUT2D eigenvalue weighted by atomic mass is 127. The molecule has 0 aromatic heterocycles. The Bertz CT molecular complexity index is 1390. The van der Waals surface area contributed by atoms with E-state index in [9.17, 15) is 4.79 Å². The van der Waals surface area contributed by atoms with Crippen molar-refractivity contribution in [1.29, 1.82) is 0 Å². The summed E-state index contributed by atoms with van der Waals surface area (Å²) in [4.78, 5) is 21.2. The number of nitrogens with zero attached hydrogens (tertiary/aromatic N) is 2. The molecule has 2 aliphatic rings. The molecule has 196 valence electrons. The summed E-state index contributed by atoms with van der Waals surface area (Å²) < 4.78 is 8.06. The Morgan fingerprint density at radius 2 is 1.71 bits per heavy atom. The smallest absolute Gasteiger partial charge is 0.267 e. The number of halogens is 4. The van der Waals surface area contributed by atoms with Gasteiger partial charge < -0.3 is 4.74 Å². The van der Waals surface area contributed by atoms with Crippen LogP contribution in [0.2, 0.25) is 10.0 Å². The first-order valence-electron chi connectivity index (χ1n) is 12.3. The van der Waals surface area contributed by atoms with Gasteiger partial charge in [-0.2, -0.15) is 0 Å². The summed E-state index contributed by atoms with van der Waals surface area (Å²) in [7, 11) is 0. The normalized spacial score (nSPS) is 18.5. The second-order valence-electron chi connectivity index (χ2n) is 9.15. The number of hydrogen-bond acceptors (Lipinski definition) is 4. The Kier molecular flexibility index (Phi) is 9.62. The molecule has 0 bridgehead atoms. The maximum atomic E-state index is 13.7. The Morgan fingerprint density at radius 3 is 2.39 bits per heavy atom. The third kappa shape index (κ3) is 6.71. The number of carbonyl (C=O) groups excluding carboxylic acids is 1. The lowest BCUT2D eigenvalue weighted by atomic mass is 9.94. The van der Waals surface area contributed by atoms with E-state index in [2.05, 4.69) is 45.2 Å². The molecule has 0 unspecified atom stereocenters. The van der Waals surface area contributed by atoms with Gasteiger partial charge in [-0.3, -0.25) is 9.69 Å². The van der Waals surface area contributed by atoms with Crippen LogP contribution in [-0.4, -0.2) is 22.0 Å². The molecule has 9 heteroatoms. The minimum absolute atomic E-state index is 0.0410. The zero-order valence-electron chi connectivity index (χ0n) is 20.3. The minimum atomic E-state index is 0.0410. The second-order valence-corrected chi connectivity index (χ2v) is 13.3. The lowest BCUT2D eigenvalue weighted by Gasteiger charge is -2.30. The Morgan fingerprint density at radius 1 is 1.00 bits per heavy atom. The Labute approximate surface area is 264 Å². The zero-order chi connectivity index (χ0) is 26.6. The van der Waals surface area contributed by atoms with E-state index in [0.29, 0.717) is 21.6 Å². The van der Waals surface area contributed by atoms with E-state index in [1.807, 2.05) is 59.5 Å². The number of amidine groups is 1. The van der Waals surface area contributed by atoms with Gasteiger partial charge in [0.15, 0.2) is 5.17 Å². The molecule has 0 N–H and O–H groups in total. The first-order valence-corrected chi connectivity index (χ1v) is 16.0. The largest absolute Gasteiger partial charge is 0.487 e. The SMILES string of the molecule is O=C1/C(=C/c2cc(I)c(OCc3ccc(Cl)cc3Cl)c(I)c2)SC(=Nc2ccccc2)N1C1CCCCC1. The van der Waals surface area contributed by atoms with Crippen molar-refractivity contribution >= 4 is 103 Å². The summed E-state index contributed by atoms with van der Waals surface area (Å²) in [5.74, 6) is 0.833. The highest BCUT2D eigenvalue weighted by Gasteiger charge is 2.38. The summed E-state index contributed by atoms with van der Waals surface area (Å²) in [5.41, 5.74) is 2.68. The molecule has 0 spiro atoms. The van der Waals surface area contributed by atoms with Crippen molar-refractivity contribution < 1.29 is 9.53 Å². The molecule has 2 fully saturated rings. The van der Waals surface area contributed by atoms with Gasteiger partial charge in [0.05, 0.1) is 17.7 Å².